The van der Waals surface area contributed by atoms with Crippen LogP contribution in [-0.2, 0) is 4.79 Å². The summed E-state index contributed by atoms with van der Waals surface area (Å²) in [6, 6.07) is 0. The van der Waals surface area contributed by atoms with E-state index in [4.69, 9.17) is 0 Å². The first-order chi connectivity index (χ1) is 8.56. The maximum atomic E-state index is 11.7. The number of carbonyl (C=O) groups is 1. The Hall–Kier alpha value is -0.570. The third kappa shape index (κ3) is 5.38. The Labute approximate surface area is 112 Å². The molecule has 1 aliphatic rings. The first-order valence-corrected chi connectivity index (χ1v) is 7.47. The van der Waals surface area contributed by atoms with Gasteiger partial charge in [-0.05, 0) is 44.2 Å². The molecule has 0 aromatic carbocycles. The molecule has 0 atom stereocenters. The maximum Gasteiger partial charge on any atom is 0.220 e. The van der Waals surface area contributed by atoms with Crippen LogP contribution in [0.25, 0.3) is 0 Å². The van der Waals surface area contributed by atoms with Gasteiger partial charge in [0, 0.05) is 13.0 Å². The van der Waals surface area contributed by atoms with Crippen LogP contribution >= 0.6 is 0 Å². The van der Waals surface area contributed by atoms with Crippen molar-refractivity contribution in [1.29, 1.82) is 0 Å². The summed E-state index contributed by atoms with van der Waals surface area (Å²) in [7, 11) is 1.92. The minimum atomic E-state index is 0.203. The molecule has 3 heteroatoms. The lowest BCUT2D eigenvalue weighted by Gasteiger charge is -2.37. The SMILES string of the molecule is CNCCCC(=O)NCC(C)(C)C1CCCCC1. The van der Waals surface area contributed by atoms with E-state index in [1.54, 1.807) is 0 Å². The van der Waals surface area contributed by atoms with Crippen molar-refractivity contribution in [1.82, 2.24) is 10.6 Å². The van der Waals surface area contributed by atoms with Crippen molar-refractivity contribution in [3.63, 3.8) is 0 Å². The van der Waals surface area contributed by atoms with E-state index >= 15 is 0 Å². The van der Waals surface area contributed by atoms with Crippen LogP contribution in [-0.4, -0.2) is 26.0 Å². The van der Waals surface area contributed by atoms with Crippen molar-refractivity contribution >= 4 is 5.91 Å². The number of carbonyl (C=O) groups excluding carboxylic acids is 1. The van der Waals surface area contributed by atoms with E-state index in [-0.39, 0.29) is 11.3 Å². The van der Waals surface area contributed by atoms with Crippen LogP contribution in [0.2, 0.25) is 0 Å². The molecule has 3 nitrogen and oxygen atoms in total. The number of amides is 1. The van der Waals surface area contributed by atoms with Gasteiger partial charge in [0.15, 0.2) is 0 Å². The molecule has 0 bridgehead atoms. The molecule has 0 spiro atoms. The maximum absolute atomic E-state index is 11.7. The zero-order chi connectivity index (χ0) is 13.4. The lowest BCUT2D eigenvalue weighted by atomic mass is 9.71. The van der Waals surface area contributed by atoms with Gasteiger partial charge in [0.25, 0.3) is 0 Å². The van der Waals surface area contributed by atoms with Gasteiger partial charge in [-0.3, -0.25) is 4.79 Å². The van der Waals surface area contributed by atoms with E-state index in [9.17, 15) is 4.79 Å². The van der Waals surface area contributed by atoms with E-state index in [1.807, 2.05) is 7.05 Å². The molecule has 0 aliphatic heterocycles. The van der Waals surface area contributed by atoms with E-state index in [1.165, 1.54) is 32.1 Å². The van der Waals surface area contributed by atoms with Crippen LogP contribution in [0.15, 0.2) is 0 Å². The predicted octanol–water partition coefficient (Wildman–Crippen LogP) is 2.71. The van der Waals surface area contributed by atoms with Crippen LogP contribution in [0.4, 0.5) is 0 Å². The quantitative estimate of drug-likeness (QED) is 0.686. The first-order valence-electron chi connectivity index (χ1n) is 7.47. The molecule has 0 aromatic heterocycles. The van der Waals surface area contributed by atoms with E-state index in [0.29, 0.717) is 6.42 Å². The zero-order valence-corrected chi connectivity index (χ0v) is 12.3. The van der Waals surface area contributed by atoms with Crippen LogP contribution in [0.1, 0.15) is 58.8 Å². The van der Waals surface area contributed by atoms with Crippen molar-refractivity contribution in [2.24, 2.45) is 11.3 Å². The van der Waals surface area contributed by atoms with Crippen LogP contribution in [0.5, 0.6) is 0 Å². The first kappa shape index (κ1) is 15.5. The minimum absolute atomic E-state index is 0.203. The third-order valence-corrected chi connectivity index (χ3v) is 4.28. The minimum Gasteiger partial charge on any atom is -0.356 e. The molecule has 0 unspecified atom stereocenters. The summed E-state index contributed by atoms with van der Waals surface area (Å²) in [5, 5.41) is 6.18. The molecule has 1 aliphatic carbocycles. The fraction of sp³-hybridized carbons (Fsp3) is 0.933. The van der Waals surface area contributed by atoms with Gasteiger partial charge in [-0.15, -0.1) is 0 Å². The van der Waals surface area contributed by atoms with Gasteiger partial charge in [-0.2, -0.15) is 0 Å². The molecule has 0 heterocycles. The molecule has 1 amide bonds. The van der Waals surface area contributed by atoms with Crippen LogP contribution in [0, 0.1) is 11.3 Å². The van der Waals surface area contributed by atoms with Gasteiger partial charge in [0.05, 0.1) is 0 Å². The van der Waals surface area contributed by atoms with Gasteiger partial charge in [-0.25, -0.2) is 0 Å². The highest BCUT2D eigenvalue weighted by atomic mass is 16.1. The van der Waals surface area contributed by atoms with E-state index in [2.05, 4.69) is 24.5 Å². The fourth-order valence-electron chi connectivity index (χ4n) is 2.87. The Morgan fingerprint density at radius 2 is 1.89 bits per heavy atom. The van der Waals surface area contributed by atoms with Crippen molar-refractivity contribution in [2.75, 3.05) is 20.1 Å². The third-order valence-electron chi connectivity index (χ3n) is 4.28. The molecule has 0 saturated heterocycles. The fourth-order valence-corrected chi connectivity index (χ4v) is 2.87. The molecule has 18 heavy (non-hydrogen) atoms. The normalized spacial score (nSPS) is 17.7. The van der Waals surface area contributed by atoms with Gasteiger partial charge >= 0.3 is 0 Å². The zero-order valence-electron chi connectivity index (χ0n) is 12.3. The summed E-state index contributed by atoms with van der Waals surface area (Å²) in [6.45, 7) is 6.35. The van der Waals surface area contributed by atoms with Crippen LogP contribution in [0.3, 0.4) is 0 Å². The van der Waals surface area contributed by atoms with E-state index < -0.39 is 0 Å². The van der Waals surface area contributed by atoms with Gasteiger partial charge in [0.1, 0.15) is 0 Å². The van der Waals surface area contributed by atoms with Crippen molar-refractivity contribution in [3.8, 4) is 0 Å². The smallest absolute Gasteiger partial charge is 0.220 e. The Morgan fingerprint density at radius 1 is 1.22 bits per heavy atom. The second-order valence-electron chi connectivity index (χ2n) is 6.31. The number of hydrogen-bond donors (Lipinski definition) is 2. The van der Waals surface area contributed by atoms with Gasteiger partial charge in [0.2, 0.25) is 5.91 Å². The highest BCUT2D eigenvalue weighted by Crippen LogP contribution is 2.37. The summed E-state index contributed by atoms with van der Waals surface area (Å²) in [4.78, 5) is 11.7. The summed E-state index contributed by atoms with van der Waals surface area (Å²) in [5.74, 6) is 0.984. The number of rotatable bonds is 7. The number of hydrogen-bond acceptors (Lipinski definition) is 2. The Bertz CT molecular complexity index is 245. The van der Waals surface area contributed by atoms with Crippen LogP contribution < -0.4 is 10.6 Å². The molecule has 2 N–H and O–H groups in total. The summed E-state index contributed by atoms with van der Waals surface area (Å²) >= 11 is 0. The number of nitrogens with one attached hydrogen (secondary N) is 2. The summed E-state index contributed by atoms with van der Waals surface area (Å²) in [6.07, 6.45) is 8.36. The highest BCUT2D eigenvalue weighted by Gasteiger charge is 2.30. The Kier molecular flexibility index (Phi) is 6.69. The van der Waals surface area contributed by atoms with Crippen molar-refractivity contribution < 1.29 is 4.79 Å². The summed E-state index contributed by atoms with van der Waals surface area (Å²) < 4.78 is 0. The van der Waals surface area contributed by atoms with E-state index in [0.717, 1.165) is 25.4 Å². The second-order valence-corrected chi connectivity index (χ2v) is 6.31. The molecule has 1 rings (SSSR count). The molecular formula is C15H30N2O. The second kappa shape index (κ2) is 7.78. The Balaban J connectivity index is 2.24. The molecule has 0 radical (unpaired) electrons. The molecular weight excluding hydrogens is 224 g/mol. The van der Waals surface area contributed by atoms with Crippen molar-refractivity contribution in [2.45, 2.75) is 58.8 Å². The molecule has 1 fully saturated rings. The molecule has 1 saturated carbocycles. The summed E-state index contributed by atoms with van der Waals surface area (Å²) in [5.41, 5.74) is 0.249. The standard InChI is InChI=1S/C15H30N2O/c1-15(2,13-8-5-4-6-9-13)12-17-14(18)10-7-11-16-3/h13,16H,4-12H2,1-3H3,(H,17,18). The average Bonchev–Trinajstić information content (AvgIpc) is 2.38. The monoisotopic (exact) mass is 254 g/mol. The Morgan fingerprint density at radius 3 is 2.50 bits per heavy atom. The lowest BCUT2D eigenvalue weighted by molar-refractivity contribution is -0.121. The van der Waals surface area contributed by atoms with Crippen molar-refractivity contribution in [3.05, 3.63) is 0 Å². The predicted molar refractivity (Wildman–Crippen MR) is 76.5 cm³/mol. The lowest BCUT2D eigenvalue weighted by Crippen LogP contribution is -2.39. The van der Waals surface area contributed by atoms with Gasteiger partial charge in [-0.1, -0.05) is 33.1 Å². The average molecular weight is 254 g/mol. The largest absolute Gasteiger partial charge is 0.356 e. The van der Waals surface area contributed by atoms with Gasteiger partial charge < -0.3 is 10.6 Å². The topological polar surface area (TPSA) is 41.1 Å². The molecule has 0 aromatic rings. The molecule has 106 valence electrons. The highest BCUT2D eigenvalue weighted by molar-refractivity contribution is 5.75.